The molecule has 0 saturated carbocycles. The summed E-state index contributed by atoms with van der Waals surface area (Å²) in [7, 11) is 3.49. The molecule has 0 radical (unpaired) electrons. The van der Waals surface area contributed by atoms with Crippen LogP contribution in [0, 0.1) is 0 Å². The highest BCUT2D eigenvalue weighted by Crippen LogP contribution is 2.09. The predicted molar refractivity (Wildman–Crippen MR) is 91.0 cm³/mol. The van der Waals surface area contributed by atoms with Crippen LogP contribution in [0.25, 0.3) is 0 Å². The van der Waals surface area contributed by atoms with Gasteiger partial charge in [0.15, 0.2) is 5.96 Å². The first-order valence-electron chi connectivity index (χ1n) is 7.58. The molecule has 1 aliphatic rings. The summed E-state index contributed by atoms with van der Waals surface area (Å²) in [4.78, 5) is 17.8. The van der Waals surface area contributed by atoms with Gasteiger partial charge in [0.05, 0.1) is 6.54 Å². The molecule has 0 aromatic heterocycles. The maximum absolute atomic E-state index is 11.4. The number of carbonyl (C=O) groups excluding carboxylic acids is 1. The van der Waals surface area contributed by atoms with E-state index in [-0.39, 0.29) is 5.91 Å². The molecule has 3 N–H and O–H groups in total. The molecule has 1 heterocycles. The fraction of sp³-hybridized carbons (Fsp3) is 0.857. The summed E-state index contributed by atoms with van der Waals surface area (Å²) >= 11 is 1.86. The zero-order valence-electron chi connectivity index (χ0n) is 13.4. The maximum Gasteiger partial charge on any atom is 0.233 e. The third kappa shape index (κ3) is 7.57. The van der Waals surface area contributed by atoms with Gasteiger partial charge in [-0.3, -0.25) is 14.7 Å². The first-order valence-corrected chi connectivity index (χ1v) is 8.98. The highest BCUT2D eigenvalue weighted by molar-refractivity contribution is 7.98. The van der Waals surface area contributed by atoms with E-state index in [0.29, 0.717) is 12.6 Å². The van der Waals surface area contributed by atoms with Crippen molar-refractivity contribution in [2.24, 2.45) is 4.99 Å². The van der Waals surface area contributed by atoms with Crippen molar-refractivity contribution < 1.29 is 4.79 Å². The van der Waals surface area contributed by atoms with Crippen LogP contribution in [0.1, 0.15) is 19.3 Å². The van der Waals surface area contributed by atoms with Crippen LogP contribution in [-0.4, -0.2) is 75.1 Å². The Morgan fingerprint density at radius 2 is 2.10 bits per heavy atom. The highest BCUT2D eigenvalue weighted by Gasteiger charge is 2.21. The molecule has 0 spiro atoms. The molecule has 0 bridgehead atoms. The first kappa shape index (κ1) is 18.1. The summed E-state index contributed by atoms with van der Waals surface area (Å²) < 4.78 is 0. The van der Waals surface area contributed by atoms with Gasteiger partial charge >= 0.3 is 0 Å². The van der Waals surface area contributed by atoms with E-state index >= 15 is 0 Å². The number of rotatable bonds is 7. The molecule has 0 unspecified atom stereocenters. The lowest BCUT2D eigenvalue weighted by molar-refractivity contribution is -0.122. The van der Waals surface area contributed by atoms with E-state index < -0.39 is 0 Å². The van der Waals surface area contributed by atoms with Crippen molar-refractivity contribution in [3.8, 4) is 0 Å². The van der Waals surface area contributed by atoms with Gasteiger partial charge in [0.2, 0.25) is 5.91 Å². The number of aliphatic imine (C=N–C) groups is 1. The van der Waals surface area contributed by atoms with Crippen molar-refractivity contribution in [1.29, 1.82) is 0 Å². The molecule has 1 aliphatic heterocycles. The number of amides is 1. The summed E-state index contributed by atoms with van der Waals surface area (Å²) in [6.45, 7) is 3.37. The summed E-state index contributed by atoms with van der Waals surface area (Å²) in [6.07, 6.45) is 5.36. The standard InChI is InChI=1S/C14H29N5OS/c1-15-13(20)11-19-8-5-12(6-9-19)18-14(16-2)17-7-4-10-21-3/h12H,4-11H2,1-3H3,(H,15,20)(H2,16,17,18). The van der Waals surface area contributed by atoms with Gasteiger partial charge in [-0.05, 0) is 31.3 Å². The van der Waals surface area contributed by atoms with E-state index in [0.717, 1.165) is 44.9 Å². The molecule has 1 saturated heterocycles. The number of piperidine rings is 1. The molecule has 7 heteroatoms. The SMILES string of the molecule is CN=C(NCCCSC)NC1CCN(CC(=O)NC)CC1. The van der Waals surface area contributed by atoms with Crippen LogP contribution in [-0.2, 0) is 4.79 Å². The van der Waals surface area contributed by atoms with Crippen LogP contribution < -0.4 is 16.0 Å². The van der Waals surface area contributed by atoms with Gasteiger partial charge in [-0.15, -0.1) is 0 Å². The monoisotopic (exact) mass is 315 g/mol. The minimum absolute atomic E-state index is 0.0904. The zero-order chi connectivity index (χ0) is 15.5. The van der Waals surface area contributed by atoms with Gasteiger partial charge in [-0.1, -0.05) is 0 Å². The number of hydrogen-bond donors (Lipinski definition) is 3. The average Bonchev–Trinajstić information content (AvgIpc) is 2.51. The van der Waals surface area contributed by atoms with Gasteiger partial charge in [-0.2, -0.15) is 11.8 Å². The molecule has 1 amide bonds. The first-order chi connectivity index (χ1) is 10.2. The number of nitrogens with one attached hydrogen (secondary N) is 3. The van der Waals surface area contributed by atoms with E-state index in [1.807, 2.05) is 18.8 Å². The molecule has 0 aliphatic carbocycles. The van der Waals surface area contributed by atoms with E-state index in [9.17, 15) is 4.79 Å². The second-order valence-electron chi connectivity index (χ2n) is 5.21. The minimum Gasteiger partial charge on any atom is -0.358 e. The lowest BCUT2D eigenvalue weighted by Crippen LogP contribution is -2.50. The van der Waals surface area contributed by atoms with E-state index in [4.69, 9.17) is 0 Å². The Morgan fingerprint density at radius 1 is 1.38 bits per heavy atom. The van der Waals surface area contributed by atoms with Crippen LogP contribution in [0.15, 0.2) is 4.99 Å². The normalized spacial score (nSPS) is 17.6. The van der Waals surface area contributed by atoms with Crippen LogP contribution in [0.3, 0.4) is 0 Å². The Morgan fingerprint density at radius 3 is 2.67 bits per heavy atom. The molecule has 21 heavy (non-hydrogen) atoms. The lowest BCUT2D eigenvalue weighted by atomic mass is 10.1. The van der Waals surface area contributed by atoms with E-state index in [2.05, 4.69) is 32.1 Å². The molecule has 6 nitrogen and oxygen atoms in total. The summed E-state index contributed by atoms with van der Waals surface area (Å²) in [5, 5.41) is 9.50. The second kappa shape index (κ2) is 10.7. The van der Waals surface area contributed by atoms with Gasteiger partial charge in [0.25, 0.3) is 0 Å². The fourth-order valence-corrected chi connectivity index (χ4v) is 2.76. The summed E-state index contributed by atoms with van der Waals surface area (Å²) in [5.41, 5.74) is 0. The van der Waals surface area contributed by atoms with Crippen molar-refractivity contribution in [2.75, 3.05) is 52.3 Å². The van der Waals surface area contributed by atoms with Crippen LogP contribution in [0.2, 0.25) is 0 Å². The topological polar surface area (TPSA) is 68.8 Å². The number of carbonyl (C=O) groups is 1. The third-order valence-corrected chi connectivity index (χ3v) is 4.31. The number of thioether (sulfide) groups is 1. The summed E-state index contributed by atoms with van der Waals surface area (Å²) in [5.74, 6) is 2.15. The molecule has 0 aromatic rings. The van der Waals surface area contributed by atoms with Gasteiger partial charge < -0.3 is 16.0 Å². The average molecular weight is 315 g/mol. The van der Waals surface area contributed by atoms with Gasteiger partial charge in [-0.25, -0.2) is 0 Å². The van der Waals surface area contributed by atoms with Crippen molar-refractivity contribution in [2.45, 2.75) is 25.3 Å². The van der Waals surface area contributed by atoms with E-state index in [1.54, 1.807) is 7.05 Å². The Kier molecular flexibility index (Phi) is 9.25. The number of nitrogens with zero attached hydrogens (tertiary/aromatic N) is 2. The van der Waals surface area contributed by atoms with Crippen LogP contribution >= 0.6 is 11.8 Å². The lowest BCUT2D eigenvalue weighted by Gasteiger charge is -2.32. The third-order valence-electron chi connectivity index (χ3n) is 3.62. The Balaban J connectivity index is 2.22. The Hall–Kier alpha value is -0.950. The molecule has 1 fully saturated rings. The highest BCUT2D eigenvalue weighted by atomic mass is 32.2. The number of guanidine groups is 1. The number of hydrogen-bond acceptors (Lipinski definition) is 4. The van der Waals surface area contributed by atoms with E-state index in [1.165, 1.54) is 5.75 Å². The second-order valence-corrected chi connectivity index (χ2v) is 6.20. The fourth-order valence-electron chi connectivity index (χ4n) is 2.33. The Bertz CT molecular complexity index is 329. The smallest absolute Gasteiger partial charge is 0.233 e. The molecule has 0 atom stereocenters. The largest absolute Gasteiger partial charge is 0.358 e. The molecule has 122 valence electrons. The maximum atomic E-state index is 11.4. The van der Waals surface area contributed by atoms with Crippen LogP contribution in [0.5, 0.6) is 0 Å². The van der Waals surface area contributed by atoms with Crippen molar-refractivity contribution in [3.63, 3.8) is 0 Å². The van der Waals surface area contributed by atoms with Crippen molar-refractivity contribution in [3.05, 3.63) is 0 Å². The van der Waals surface area contributed by atoms with Crippen molar-refractivity contribution >= 4 is 23.6 Å². The van der Waals surface area contributed by atoms with Gasteiger partial charge in [0, 0.05) is 39.8 Å². The van der Waals surface area contributed by atoms with Gasteiger partial charge in [0.1, 0.15) is 0 Å². The molecule has 1 rings (SSSR count). The molecular formula is C14H29N5OS. The Labute approximate surface area is 132 Å². The van der Waals surface area contributed by atoms with Crippen LogP contribution in [0.4, 0.5) is 0 Å². The zero-order valence-corrected chi connectivity index (χ0v) is 14.3. The van der Waals surface area contributed by atoms with Crippen molar-refractivity contribution in [1.82, 2.24) is 20.9 Å². The number of likely N-dealkylation sites (N-methyl/N-ethyl adjacent to an activating group) is 1. The number of likely N-dealkylation sites (tertiary alicyclic amines) is 1. The molecule has 0 aromatic carbocycles. The minimum atomic E-state index is 0.0904. The summed E-state index contributed by atoms with van der Waals surface area (Å²) in [6, 6.07) is 0.442. The molecular weight excluding hydrogens is 286 g/mol. The predicted octanol–water partition coefficient (Wildman–Crippen LogP) is 0.115. The quantitative estimate of drug-likeness (QED) is 0.354.